The Bertz CT molecular complexity index is 218. The second-order valence-electron chi connectivity index (χ2n) is 6.76. The summed E-state index contributed by atoms with van der Waals surface area (Å²) >= 11 is 0. The molecule has 0 radical (unpaired) electrons. The minimum atomic E-state index is 0.296. The van der Waals surface area contributed by atoms with E-state index in [9.17, 15) is 0 Å². The quantitative estimate of drug-likeness (QED) is 0.336. The molecule has 2 nitrogen and oxygen atoms in total. The molecule has 3 unspecified atom stereocenters. The van der Waals surface area contributed by atoms with Gasteiger partial charge < -0.3 is 9.47 Å². The highest BCUT2D eigenvalue weighted by atomic mass is 16.5. The van der Waals surface area contributed by atoms with Crippen LogP contribution in [0.4, 0.5) is 0 Å². The smallest absolute Gasteiger partial charge is 0.0808 e. The number of ether oxygens (including phenoxy) is 2. The zero-order valence-corrected chi connectivity index (χ0v) is 16.0. The van der Waals surface area contributed by atoms with Crippen LogP contribution in [0.3, 0.4) is 0 Å². The average Bonchev–Trinajstić information content (AvgIpc) is 2.54. The lowest BCUT2D eigenvalue weighted by molar-refractivity contribution is -0.0423. The maximum Gasteiger partial charge on any atom is 0.0808 e. The zero-order chi connectivity index (χ0) is 16.6. The fourth-order valence-corrected chi connectivity index (χ4v) is 2.91. The molecule has 0 amide bonds. The maximum atomic E-state index is 6.20. The molecule has 0 bridgehead atoms. The second-order valence-corrected chi connectivity index (χ2v) is 6.76. The standard InChI is InChI=1S/C20H42O2/c1-6-11-14-20(22-16-19(10-5)13-8-3)17-21-15-18(9-4)12-7-2/h18-20H,6-17H2,1-5H3. The Morgan fingerprint density at radius 3 is 1.73 bits per heavy atom. The summed E-state index contributed by atoms with van der Waals surface area (Å²) in [6.45, 7) is 13.9. The van der Waals surface area contributed by atoms with Crippen molar-refractivity contribution in [3.8, 4) is 0 Å². The maximum absolute atomic E-state index is 6.20. The van der Waals surface area contributed by atoms with Gasteiger partial charge in [-0.15, -0.1) is 0 Å². The van der Waals surface area contributed by atoms with Crippen LogP contribution in [0.5, 0.6) is 0 Å². The predicted octanol–water partition coefficient (Wildman–Crippen LogP) is 6.23. The van der Waals surface area contributed by atoms with Gasteiger partial charge in [-0.3, -0.25) is 0 Å². The third kappa shape index (κ3) is 11.5. The summed E-state index contributed by atoms with van der Waals surface area (Å²) in [4.78, 5) is 0. The molecule has 0 heterocycles. The van der Waals surface area contributed by atoms with E-state index in [0.717, 1.165) is 38.1 Å². The molecule has 134 valence electrons. The van der Waals surface area contributed by atoms with Gasteiger partial charge in [-0.25, -0.2) is 0 Å². The number of hydrogen-bond donors (Lipinski definition) is 0. The Hall–Kier alpha value is -0.0800. The molecule has 0 aliphatic carbocycles. The van der Waals surface area contributed by atoms with Gasteiger partial charge in [-0.2, -0.15) is 0 Å². The van der Waals surface area contributed by atoms with E-state index in [1.54, 1.807) is 0 Å². The van der Waals surface area contributed by atoms with Gasteiger partial charge in [-0.05, 0) is 31.1 Å². The lowest BCUT2D eigenvalue weighted by Crippen LogP contribution is -2.25. The van der Waals surface area contributed by atoms with Crippen molar-refractivity contribution in [3.05, 3.63) is 0 Å². The SMILES string of the molecule is CCCCC(COCC(CC)CCC)OCC(CC)CCC. The van der Waals surface area contributed by atoms with Crippen molar-refractivity contribution in [1.82, 2.24) is 0 Å². The van der Waals surface area contributed by atoms with Crippen LogP contribution in [0.25, 0.3) is 0 Å². The fraction of sp³-hybridized carbons (Fsp3) is 1.00. The van der Waals surface area contributed by atoms with Gasteiger partial charge in [0.2, 0.25) is 0 Å². The normalized spacial score (nSPS) is 15.7. The molecule has 0 fully saturated rings. The summed E-state index contributed by atoms with van der Waals surface area (Å²) in [7, 11) is 0. The Labute approximate surface area is 140 Å². The molecule has 0 spiro atoms. The van der Waals surface area contributed by atoms with Gasteiger partial charge in [0.1, 0.15) is 0 Å². The van der Waals surface area contributed by atoms with Crippen LogP contribution < -0.4 is 0 Å². The zero-order valence-electron chi connectivity index (χ0n) is 16.0. The molecule has 0 saturated heterocycles. The van der Waals surface area contributed by atoms with Crippen LogP contribution in [0.15, 0.2) is 0 Å². The molecule has 0 aromatic rings. The van der Waals surface area contributed by atoms with Crippen molar-refractivity contribution in [3.63, 3.8) is 0 Å². The first-order valence-corrected chi connectivity index (χ1v) is 9.90. The summed E-state index contributed by atoms with van der Waals surface area (Å²) in [5, 5.41) is 0. The van der Waals surface area contributed by atoms with Crippen molar-refractivity contribution >= 4 is 0 Å². The molecule has 0 aliphatic heterocycles. The van der Waals surface area contributed by atoms with E-state index < -0.39 is 0 Å². The summed E-state index contributed by atoms with van der Waals surface area (Å²) in [5.74, 6) is 1.44. The van der Waals surface area contributed by atoms with Crippen LogP contribution in [-0.4, -0.2) is 25.9 Å². The highest BCUT2D eigenvalue weighted by molar-refractivity contribution is 4.62. The van der Waals surface area contributed by atoms with E-state index in [2.05, 4.69) is 34.6 Å². The van der Waals surface area contributed by atoms with Crippen molar-refractivity contribution in [2.75, 3.05) is 19.8 Å². The minimum absolute atomic E-state index is 0.296. The first kappa shape index (κ1) is 21.9. The minimum Gasteiger partial charge on any atom is -0.378 e. The predicted molar refractivity (Wildman–Crippen MR) is 97.5 cm³/mol. The molecular formula is C20H42O2. The first-order chi connectivity index (χ1) is 10.7. The van der Waals surface area contributed by atoms with Gasteiger partial charge in [0, 0.05) is 13.2 Å². The third-order valence-electron chi connectivity index (χ3n) is 4.65. The van der Waals surface area contributed by atoms with E-state index in [0.29, 0.717) is 6.10 Å². The number of rotatable bonds is 16. The average molecular weight is 315 g/mol. The first-order valence-electron chi connectivity index (χ1n) is 9.90. The van der Waals surface area contributed by atoms with Crippen LogP contribution in [0, 0.1) is 11.8 Å². The molecule has 3 atom stereocenters. The third-order valence-corrected chi connectivity index (χ3v) is 4.65. The van der Waals surface area contributed by atoms with Gasteiger partial charge in [0.25, 0.3) is 0 Å². The molecule has 0 saturated carbocycles. The van der Waals surface area contributed by atoms with Crippen molar-refractivity contribution in [1.29, 1.82) is 0 Å². The van der Waals surface area contributed by atoms with Crippen LogP contribution >= 0.6 is 0 Å². The Morgan fingerprint density at radius 1 is 0.636 bits per heavy atom. The van der Waals surface area contributed by atoms with Crippen molar-refractivity contribution in [2.45, 2.75) is 98.5 Å². The van der Waals surface area contributed by atoms with Crippen molar-refractivity contribution < 1.29 is 9.47 Å². The molecule has 0 aromatic carbocycles. The summed E-state index contributed by atoms with van der Waals surface area (Å²) < 4.78 is 12.2. The molecule has 2 heteroatoms. The Balaban J connectivity index is 4.09. The molecule has 0 rings (SSSR count). The highest BCUT2D eigenvalue weighted by Gasteiger charge is 2.14. The Kier molecular flexibility index (Phi) is 15.7. The molecule has 0 aliphatic rings. The molecular weight excluding hydrogens is 272 g/mol. The van der Waals surface area contributed by atoms with Gasteiger partial charge >= 0.3 is 0 Å². The monoisotopic (exact) mass is 314 g/mol. The lowest BCUT2D eigenvalue weighted by Gasteiger charge is -2.23. The molecule has 0 N–H and O–H groups in total. The highest BCUT2D eigenvalue weighted by Crippen LogP contribution is 2.16. The van der Waals surface area contributed by atoms with E-state index in [4.69, 9.17) is 9.47 Å². The van der Waals surface area contributed by atoms with Gasteiger partial charge in [0.15, 0.2) is 0 Å². The van der Waals surface area contributed by atoms with E-state index in [1.165, 1.54) is 51.4 Å². The second kappa shape index (κ2) is 15.8. The van der Waals surface area contributed by atoms with Crippen LogP contribution in [0.2, 0.25) is 0 Å². The van der Waals surface area contributed by atoms with Gasteiger partial charge in [-0.1, -0.05) is 73.1 Å². The van der Waals surface area contributed by atoms with Crippen LogP contribution in [-0.2, 0) is 9.47 Å². The number of unbranched alkanes of at least 4 members (excludes halogenated alkanes) is 1. The number of hydrogen-bond acceptors (Lipinski definition) is 2. The molecule has 22 heavy (non-hydrogen) atoms. The largest absolute Gasteiger partial charge is 0.378 e. The lowest BCUT2D eigenvalue weighted by atomic mass is 10.0. The van der Waals surface area contributed by atoms with Crippen LogP contribution in [0.1, 0.15) is 92.4 Å². The Morgan fingerprint density at radius 2 is 1.23 bits per heavy atom. The van der Waals surface area contributed by atoms with E-state index in [-0.39, 0.29) is 0 Å². The van der Waals surface area contributed by atoms with Gasteiger partial charge in [0.05, 0.1) is 12.7 Å². The summed E-state index contributed by atoms with van der Waals surface area (Å²) in [6.07, 6.45) is 11.4. The topological polar surface area (TPSA) is 18.5 Å². The van der Waals surface area contributed by atoms with E-state index >= 15 is 0 Å². The molecule has 0 aromatic heterocycles. The summed E-state index contributed by atoms with van der Waals surface area (Å²) in [6, 6.07) is 0. The fourth-order valence-electron chi connectivity index (χ4n) is 2.91. The van der Waals surface area contributed by atoms with E-state index in [1.807, 2.05) is 0 Å². The van der Waals surface area contributed by atoms with Crippen molar-refractivity contribution in [2.24, 2.45) is 11.8 Å². The summed E-state index contributed by atoms with van der Waals surface area (Å²) in [5.41, 5.74) is 0.